The van der Waals surface area contributed by atoms with Crippen LogP contribution in [0.5, 0.6) is 0 Å². The summed E-state index contributed by atoms with van der Waals surface area (Å²) in [7, 11) is 0. The SMILES string of the molecule is CC(=O)Nc1cncc(Br)c1CC(=O)O. The summed E-state index contributed by atoms with van der Waals surface area (Å²) in [6.07, 6.45) is 2.74. The van der Waals surface area contributed by atoms with Crippen molar-refractivity contribution in [3.63, 3.8) is 0 Å². The van der Waals surface area contributed by atoms with E-state index in [1.54, 1.807) is 0 Å². The molecule has 0 fully saturated rings. The summed E-state index contributed by atoms with van der Waals surface area (Å²) in [4.78, 5) is 25.3. The minimum Gasteiger partial charge on any atom is -0.481 e. The molecular weight excluding hydrogens is 264 g/mol. The predicted molar refractivity (Wildman–Crippen MR) is 57.6 cm³/mol. The second-order valence-electron chi connectivity index (χ2n) is 2.90. The summed E-state index contributed by atoms with van der Waals surface area (Å²) < 4.78 is 0.566. The quantitative estimate of drug-likeness (QED) is 0.873. The van der Waals surface area contributed by atoms with E-state index in [1.165, 1.54) is 19.3 Å². The van der Waals surface area contributed by atoms with Gasteiger partial charge in [-0.3, -0.25) is 14.6 Å². The number of amides is 1. The molecular formula is C9H9BrN2O3. The van der Waals surface area contributed by atoms with Crippen LogP contribution in [0.4, 0.5) is 5.69 Å². The standard InChI is InChI=1S/C9H9BrN2O3/c1-5(13)12-8-4-11-3-7(10)6(8)2-9(14)15/h3-4H,2H2,1H3,(H,12,13)(H,14,15). The molecule has 15 heavy (non-hydrogen) atoms. The molecule has 1 aromatic rings. The molecule has 0 spiro atoms. The summed E-state index contributed by atoms with van der Waals surface area (Å²) in [6, 6.07) is 0. The van der Waals surface area contributed by atoms with Crippen LogP contribution < -0.4 is 5.32 Å². The lowest BCUT2D eigenvalue weighted by Crippen LogP contribution is -2.11. The normalized spacial score (nSPS) is 9.73. The fraction of sp³-hybridized carbons (Fsp3) is 0.222. The van der Waals surface area contributed by atoms with Crippen molar-refractivity contribution in [3.8, 4) is 0 Å². The number of pyridine rings is 1. The molecule has 0 atom stereocenters. The number of carbonyl (C=O) groups is 2. The van der Waals surface area contributed by atoms with Gasteiger partial charge in [0.2, 0.25) is 5.91 Å². The van der Waals surface area contributed by atoms with Crippen LogP contribution in [0, 0.1) is 0 Å². The fourth-order valence-electron chi connectivity index (χ4n) is 1.09. The number of carboxylic acids is 1. The first-order valence-electron chi connectivity index (χ1n) is 4.12. The number of nitrogens with zero attached hydrogens (tertiary/aromatic N) is 1. The van der Waals surface area contributed by atoms with E-state index in [0.717, 1.165) is 0 Å². The Morgan fingerprint density at radius 1 is 1.53 bits per heavy atom. The molecule has 0 aliphatic carbocycles. The molecule has 5 nitrogen and oxygen atoms in total. The second kappa shape index (κ2) is 4.88. The number of aromatic nitrogens is 1. The molecule has 0 aliphatic heterocycles. The smallest absolute Gasteiger partial charge is 0.307 e. The summed E-state index contributed by atoms with van der Waals surface area (Å²) in [5, 5.41) is 11.2. The van der Waals surface area contributed by atoms with Crippen LogP contribution in [0.25, 0.3) is 0 Å². The van der Waals surface area contributed by atoms with E-state index < -0.39 is 5.97 Å². The Morgan fingerprint density at radius 2 is 2.20 bits per heavy atom. The summed E-state index contributed by atoms with van der Waals surface area (Å²) in [5.41, 5.74) is 0.923. The van der Waals surface area contributed by atoms with Crippen LogP contribution in [0.2, 0.25) is 0 Å². The van der Waals surface area contributed by atoms with Crippen molar-refractivity contribution in [3.05, 3.63) is 22.4 Å². The maximum atomic E-state index is 10.9. The highest BCUT2D eigenvalue weighted by molar-refractivity contribution is 9.10. The molecule has 0 unspecified atom stereocenters. The third-order valence-electron chi connectivity index (χ3n) is 1.64. The predicted octanol–water partition coefficient (Wildman–Crippen LogP) is 1.43. The van der Waals surface area contributed by atoms with Gasteiger partial charge in [-0.05, 0) is 15.9 Å². The van der Waals surface area contributed by atoms with Gasteiger partial charge in [0, 0.05) is 23.2 Å². The van der Waals surface area contributed by atoms with Crippen LogP contribution in [0.3, 0.4) is 0 Å². The molecule has 1 aromatic heterocycles. The summed E-state index contributed by atoms with van der Waals surface area (Å²) in [6.45, 7) is 1.35. The van der Waals surface area contributed by atoms with Gasteiger partial charge in [-0.2, -0.15) is 0 Å². The van der Waals surface area contributed by atoms with Crippen molar-refractivity contribution in [1.82, 2.24) is 4.98 Å². The third-order valence-corrected chi connectivity index (χ3v) is 2.33. The number of carboxylic acid groups (broad SMARTS) is 1. The number of hydrogen-bond donors (Lipinski definition) is 2. The van der Waals surface area contributed by atoms with Crippen molar-refractivity contribution >= 4 is 33.5 Å². The number of carbonyl (C=O) groups excluding carboxylic acids is 1. The first kappa shape index (κ1) is 11.6. The highest BCUT2D eigenvalue weighted by Gasteiger charge is 2.11. The minimum absolute atomic E-state index is 0.168. The molecule has 0 aromatic carbocycles. The van der Waals surface area contributed by atoms with E-state index in [4.69, 9.17) is 5.11 Å². The zero-order chi connectivity index (χ0) is 11.4. The second-order valence-corrected chi connectivity index (χ2v) is 3.75. The van der Waals surface area contributed by atoms with Crippen LogP contribution in [-0.2, 0) is 16.0 Å². The van der Waals surface area contributed by atoms with Crippen molar-refractivity contribution in [2.24, 2.45) is 0 Å². The van der Waals surface area contributed by atoms with Crippen molar-refractivity contribution in [2.45, 2.75) is 13.3 Å². The molecule has 0 aliphatic rings. The number of anilines is 1. The first-order chi connectivity index (χ1) is 7.00. The van der Waals surface area contributed by atoms with Gasteiger partial charge in [-0.25, -0.2) is 0 Å². The van der Waals surface area contributed by atoms with Crippen molar-refractivity contribution in [2.75, 3.05) is 5.32 Å². The molecule has 2 N–H and O–H groups in total. The monoisotopic (exact) mass is 272 g/mol. The average Bonchev–Trinajstić information content (AvgIpc) is 2.09. The Morgan fingerprint density at radius 3 is 2.73 bits per heavy atom. The van der Waals surface area contributed by atoms with Gasteiger partial charge >= 0.3 is 5.97 Å². The van der Waals surface area contributed by atoms with Crippen molar-refractivity contribution in [1.29, 1.82) is 0 Å². The van der Waals surface area contributed by atoms with Crippen LogP contribution >= 0.6 is 15.9 Å². The molecule has 0 saturated heterocycles. The van der Waals surface area contributed by atoms with Gasteiger partial charge < -0.3 is 10.4 Å². The minimum atomic E-state index is -0.964. The van der Waals surface area contributed by atoms with E-state index in [-0.39, 0.29) is 12.3 Å². The lowest BCUT2D eigenvalue weighted by Gasteiger charge is -2.08. The van der Waals surface area contributed by atoms with Crippen LogP contribution in [0.1, 0.15) is 12.5 Å². The highest BCUT2D eigenvalue weighted by atomic mass is 79.9. The molecule has 6 heteroatoms. The zero-order valence-corrected chi connectivity index (χ0v) is 9.54. The van der Waals surface area contributed by atoms with E-state index in [2.05, 4.69) is 26.2 Å². The number of nitrogens with one attached hydrogen (secondary N) is 1. The average molecular weight is 273 g/mol. The van der Waals surface area contributed by atoms with Gasteiger partial charge in [0.05, 0.1) is 18.3 Å². The Bertz CT molecular complexity index is 406. The van der Waals surface area contributed by atoms with Crippen LogP contribution in [-0.4, -0.2) is 22.0 Å². The van der Waals surface area contributed by atoms with Gasteiger partial charge in [0.15, 0.2) is 0 Å². The first-order valence-corrected chi connectivity index (χ1v) is 4.91. The number of halogens is 1. The topological polar surface area (TPSA) is 79.3 Å². The maximum absolute atomic E-state index is 10.9. The van der Waals surface area contributed by atoms with Crippen molar-refractivity contribution < 1.29 is 14.7 Å². The lowest BCUT2D eigenvalue weighted by molar-refractivity contribution is -0.136. The highest BCUT2D eigenvalue weighted by Crippen LogP contribution is 2.23. The third kappa shape index (κ3) is 3.32. The summed E-state index contributed by atoms with van der Waals surface area (Å²) >= 11 is 3.19. The number of rotatable bonds is 3. The van der Waals surface area contributed by atoms with E-state index in [0.29, 0.717) is 15.7 Å². The van der Waals surface area contributed by atoms with E-state index in [9.17, 15) is 9.59 Å². The molecule has 1 rings (SSSR count). The summed E-state index contributed by atoms with van der Waals surface area (Å²) in [5.74, 6) is -1.23. The van der Waals surface area contributed by atoms with E-state index >= 15 is 0 Å². The number of aliphatic carboxylic acids is 1. The van der Waals surface area contributed by atoms with Gasteiger partial charge in [-0.15, -0.1) is 0 Å². The maximum Gasteiger partial charge on any atom is 0.307 e. The van der Waals surface area contributed by atoms with Gasteiger partial charge in [0.1, 0.15) is 0 Å². The molecule has 80 valence electrons. The molecule has 1 amide bonds. The molecule has 0 radical (unpaired) electrons. The zero-order valence-electron chi connectivity index (χ0n) is 7.95. The molecule has 0 saturated carbocycles. The Balaban J connectivity index is 3.08. The molecule has 0 bridgehead atoms. The Labute approximate surface area is 94.6 Å². The molecule has 1 heterocycles. The fourth-order valence-corrected chi connectivity index (χ4v) is 1.56. The Hall–Kier alpha value is -1.43. The lowest BCUT2D eigenvalue weighted by atomic mass is 10.1. The van der Waals surface area contributed by atoms with Crippen LogP contribution in [0.15, 0.2) is 16.9 Å². The van der Waals surface area contributed by atoms with E-state index in [1.807, 2.05) is 0 Å². The van der Waals surface area contributed by atoms with Gasteiger partial charge in [0.25, 0.3) is 0 Å². The Kier molecular flexibility index (Phi) is 3.79. The van der Waals surface area contributed by atoms with Gasteiger partial charge in [-0.1, -0.05) is 0 Å². The largest absolute Gasteiger partial charge is 0.481 e. The number of hydrogen-bond acceptors (Lipinski definition) is 3.